The highest BCUT2D eigenvalue weighted by Crippen LogP contribution is 2.44. The Hall–Kier alpha value is -3.79. The van der Waals surface area contributed by atoms with Crippen LogP contribution in [0, 0.1) is 0 Å². The van der Waals surface area contributed by atoms with E-state index in [1.807, 2.05) is 24.3 Å². The zero-order chi connectivity index (χ0) is 23.7. The zero-order valence-electron chi connectivity index (χ0n) is 18.1. The van der Waals surface area contributed by atoms with E-state index in [9.17, 15) is 19.5 Å². The van der Waals surface area contributed by atoms with Crippen molar-refractivity contribution in [3.05, 3.63) is 72.1 Å². The molecule has 1 atom stereocenters. The molecule has 1 fully saturated rings. The third-order valence-electron chi connectivity index (χ3n) is 6.01. The Balaban J connectivity index is 1.18. The Labute approximate surface area is 199 Å². The van der Waals surface area contributed by atoms with E-state index in [1.54, 1.807) is 0 Å². The lowest BCUT2D eigenvalue weighted by atomic mass is 9.98. The van der Waals surface area contributed by atoms with Crippen LogP contribution in [0.1, 0.15) is 17.0 Å². The third kappa shape index (κ3) is 4.24. The Morgan fingerprint density at radius 3 is 2.44 bits per heavy atom. The summed E-state index contributed by atoms with van der Waals surface area (Å²) >= 11 is 1.40. The minimum absolute atomic E-state index is 0.0426. The number of carbonyl (C=O) groups excluding carboxylic acids is 2. The molecule has 2 heterocycles. The first-order valence-corrected chi connectivity index (χ1v) is 11.9. The van der Waals surface area contributed by atoms with Gasteiger partial charge in [0.1, 0.15) is 19.2 Å². The van der Waals surface area contributed by atoms with Crippen molar-refractivity contribution in [2.75, 3.05) is 23.6 Å². The van der Waals surface area contributed by atoms with Gasteiger partial charge in [0.25, 0.3) is 0 Å². The number of carbonyl (C=O) groups is 3. The first-order valence-electron chi connectivity index (χ1n) is 10.8. The molecule has 34 heavy (non-hydrogen) atoms. The number of aliphatic carboxylic acids is 1. The van der Waals surface area contributed by atoms with Crippen molar-refractivity contribution in [2.45, 2.75) is 18.5 Å². The summed E-state index contributed by atoms with van der Waals surface area (Å²) in [6.07, 6.45) is 2.31. The summed E-state index contributed by atoms with van der Waals surface area (Å²) in [4.78, 5) is 37.5. The molecule has 1 saturated heterocycles. The second-order valence-electron chi connectivity index (χ2n) is 8.09. The molecule has 2 aromatic carbocycles. The van der Waals surface area contributed by atoms with Gasteiger partial charge < -0.3 is 14.7 Å². The third-order valence-corrected chi connectivity index (χ3v) is 7.02. The lowest BCUT2D eigenvalue weighted by Gasteiger charge is -2.20. The van der Waals surface area contributed by atoms with Crippen molar-refractivity contribution in [2.24, 2.45) is 0 Å². The monoisotopic (exact) mass is 478 g/mol. The topological polar surface area (TPSA) is 114 Å². The molecule has 10 heteroatoms. The van der Waals surface area contributed by atoms with E-state index >= 15 is 0 Å². The molecule has 2 amide bonds. The molecule has 2 aliphatic rings. The average molecular weight is 479 g/mol. The van der Waals surface area contributed by atoms with E-state index in [1.165, 1.54) is 33.7 Å². The van der Waals surface area contributed by atoms with Crippen molar-refractivity contribution >= 4 is 35.4 Å². The first-order chi connectivity index (χ1) is 16.5. The molecule has 0 radical (unpaired) electrons. The molecule has 3 aromatic rings. The quantitative estimate of drug-likeness (QED) is 0.559. The van der Waals surface area contributed by atoms with E-state index in [-0.39, 0.29) is 25.0 Å². The summed E-state index contributed by atoms with van der Waals surface area (Å²) in [6, 6.07) is 15.4. The van der Waals surface area contributed by atoms with Gasteiger partial charge >= 0.3 is 12.1 Å². The number of aromatic nitrogens is 2. The standard InChI is InChI=1S/C24H22N4O5S/c29-22(28-14-34-13-21(28)23(30)31)11-27-10-15(9-25-27)26-24(32)33-12-20-18-7-3-1-5-16(18)17-6-2-4-8-19(17)20/h1-10,20-21H,11-14H2,(H,26,32)(H,30,31). The van der Waals surface area contributed by atoms with Gasteiger partial charge in [-0.1, -0.05) is 48.5 Å². The van der Waals surface area contributed by atoms with Gasteiger partial charge in [-0.15, -0.1) is 11.8 Å². The lowest BCUT2D eigenvalue weighted by Crippen LogP contribution is -2.43. The van der Waals surface area contributed by atoms with Crippen LogP contribution in [0.15, 0.2) is 60.9 Å². The molecule has 1 unspecified atom stereocenters. The number of carboxylic acids is 1. The molecule has 1 aliphatic heterocycles. The maximum absolute atomic E-state index is 12.5. The fourth-order valence-corrected chi connectivity index (χ4v) is 5.56. The SMILES string of the molecule is O=C(Nc1cnn(CC(=O)N2CSCC2C(=O)O)c1)OCC1c2ccccc2-c2ccccc21. The van der Waals surface area contributed by atoms with Gasteiger partial charge in [-0.25, -0.2) is 9.59 Å². The Morgan fingerprint density at radius 2 is 1.76 bits per heavy atom. The summed E-state index contributed by atoms with van der Waals surface area (Å²) in [5.74, 6) is -0.694. The molecule has 1 aliphatic carbocycles. The summed E-state index contributed by atoms with van der Waals surface area (Å²) in [6.45, 7) is 0.0758. The molecular formula is C24H22N4O5S. The van der Waals surface area contributed by atoms with Gasteiger partial charge in [-0.05, 0) is 22.3 Å². The number of fused-ring (bicyclic) bond motifs is 3. The van der Waals surface area contributed by atoms with E-state index in [0.29, 0.717) is 17.3 Å². The van der Waals surface area contributed by atoms with Gasteiger partial charge in [0, 0.05) is 17.9 Å². The van der Waals surface area contributed by atoms with Crippen LogP contribution in [0.2, 0.25) is 0 Å². The Morgan fingerprint density at radius 1 is 1.09 bits per heavy atom. The number of hydrogen-bond donors (Lipinski definition) is 2. The van der Waals surface area contributed by atoms with E-state index < -0.39 is 18.1 Å². The summed E-state index contributed by atoms with van der Waals surface area (Å²) < 4.78 is 6.89. The summed E-state index contributed by atoms with van der Waals surface area (Å²) in [7, 11) is 0. The molecule has 0 spiro atoms. The van der Waals surface area contributed by atoms with Gasteiger partial charge in [-0.2, -0.15) is 5.10 Å². The van der Waals surface area contributed by atoms with Crippen molar-refractivity contribution in [3.63, 3.8) is 0 Å². The maximum atomic E-state index is 12.5. The van der Waals surface area contributed by atoms with E-state index in [4.69, 9.17) is 4.74 Å². The Kier molecular flexibility index (Phi) is 5.97. The van der Waals surface area contributed by atoms with Crippen LogP contribution in [-0.4, -0.2) is 62.0 Å². The highest BCUT2D eigenvalue weighted by Gasteiger charge is 2.34. The molecule has 2 N–H and O–H groups in total. The normalized spacial score (nSPS) is 16.7. The molecule has 1 aromatic heterocycles. The highest BCUT2D eigenvalue weighted by molar-refractivity contribution is 7.99. The minimum atomic E-state index is -1.02. The number of thioether (sulfide) groups is 1. The number of rotatable bonds is 6. The average Bonchev–Trinajstić information content (AvgIpc) is 3.56. The predicted octanol–water partition coefficient (Wildman–Crippen LogP) is 3.23. The lowest BCUT2D eigenvalue weighted by molar-refractivity contribution is -0.148. The predicted molar refractivity (Wildman–Crippen MR) is 127 cm³/mol. The fourth-order valence-electron chi connectivity index (χ4n) is 4.39. The molecule has 174 valence electrons. The zero-order valence-corrected chi connectivity index (χ0v) is 18.9. The number of carboxylic acid groups (broad SMARTS) is 1. The molecule has 0 saturated carbocycles. The number of benzene rings is 2. The van der Waals surface area contributed by atoms with E-state index in [2.05, 4.69) is 34.7 Å². The van der Waals surface area contributed by atoms with E-state index in [0.717, 1.165) is 22.3 Å². The largest absolute Gasteiger partial charge is 0.480 e. The van der Waals surface area contributed by atoms with Gasteiger partial charge in [0.2, 0.25) is 5.91 Å². The van der Waals surface area contributed by atoms with Crippen molar-refractivity contribution in [1.29, 1.82) is 0 Å². The van der Waals surface area contributed by atoms with Crippen LogP contribution in [0.4, 0.5) is 10.5 Å². The van der Waals surface area contributed by atoms with Gasteiger partial charge in [-0.3, -0.25) is 14.8 Å². The molecule has 0 bridgehead atoms. The smallest absolute Gasteiger partial charge is 0.411 e. The highest BCUT2D eigenvalue weighted by atomic mass is 32.2. The minimum Gasteiger partial charge on any atom is -0.480 e. The second kappa shape index (κ2) is 9.22. The van der Waals surface area contributed by atoms with Crippen LogP contribution in [0.25, 0.3) is 11.1 Å². The summed E-state index contributed by atoms with van der Waals surface area (Å²) in [5, 5.41) is 16.0. The van der Waals surface area contributed by atoms with Crippen LogP contribution in [0.3, 0.4) is 0 Å². The second-order valence-corrected chi connectivity index (χ2v) is 9.09. The number of nitrogens with one attached hydrogen (secondary N) is 1. The Bertz CT molecular complexity index is 1210. The number of ether oxygens (including phenoxy) is 1. The van der Waals surface area contributed by atoms with Crippen LogP contribution in [-0.2, 0) is 20.9 Å². The molecular weight excluding hydrogens is 456 g/mol. The van der Waals surface area contributed by atoms with Crippen LogP contribution < -0.4 is 5.32 Å². The van der Waals surface area contributed by atoms with Crippen LogP contribution in [0.5, 0.6) is 0 Å². The van der Waals surface area contributed by atoms with Gasteiger partial charge in [0.15, 0.2) is 0 Å². The molecule has 5 rings (SSSR count). The number of anilines is 1. The summed E-state index contributed by atoms with van der Waals surface area (Å²) in [5.41, 5.74) is 4.94. The fraction of sp³-hybridized carbons (Fsp3) is 0.250. The number of hydrogen-bond acceptors (Lipinski definition) is 6. The van der Waals surface area contributed by atoms with Gasteiger partial charge in [0.05, 0.1) is 17.8 Å². The van der Waals surface area contributed by atoms with Crippen molar-refractivity contribution in [1.82, 2.24) is 14.7 Å². The van der Waals surface area contributed by atoms with Crippen molar-refractivity contribution < 1.29 is 24.2 Å². The number of nitrogens with zero attached hydrogens (tertiary/aromatic N) is 3. The number of amides is 2. The van der Waals surface area contributed by atoms with Crippen molar-refractivity contribution in [3.8, 4) is 11.1 Å². The molecule has 9 nitrogen and oxygen atoms in total. The van der Waals surface area contributed by atoms with Crippen LogP contribution >= 0.6 is 11.8 Å². The first kappa shape index (κ1) is 22.0. The maximum Gasteiger partial charge on any atom is 0.411 e.